The quantitative estimate of drug-likeness (QED) is 0.481. The third kappa shape index (κ3) is 5.40. The topological polar surface area (TPSA) is 119 Å². The molecule has 2 fully saturated rings. The minimum absolute atomic E-state index is 0.283. The number of nitrogens with one attached hydrogen (secondary N) is 4. The van der Waals surface area contributed by atoms with Gasteiger partial charge in [0, 0.05) is 10.9 Å². The number of aromatic nitrogens is 1. The van der Waals surface area contributed by atoms with Crippen molar-refractivity contribution in [3.63, 3.8) is 0 Å². The second kappa shape index (κ2) is 10.0. The van der Waals surface area contributed by atoms with E-state index in [0.717, 1.165) is 49.7 Å². The minimum atomic E-state index is -0.663. The second-order valence-electron chi connectivity index (χ2n) is 8.95. The number of carbonyl (C=O) groups excluding carboxylic acids is 2. The molecule has 0 unspecified atom stereocenters. The van der Waals surface area contributed by atoms with Crippen molar-refractivity contribution in [3.8, 4) is 11.8 Å². The zero-order valence-corrected chi connectivity index (χ0v) is 18.4. The smallest absolute Gasteiger partial charge is 0.268 e. The van der Waals surface area contributed by atoms with Crippen molar-refractivity contribution in [3.05, 3.63) is 30.0 Å². The minimum Gasteiger partial charge on any atom is -0.496 e. The van der Waals surface area contributed by atoms with E-state index in [0.29, 0.717) is 36.1 Å². The summed E-state index contributed by atoms with van der Waals surface area (Å²) in [5, 5.41) is 19.5. The van der Waals surface area contributed by atoms with Gasteiger partial charge in [-0.25, -0.2) is 0 Å². The van der Waals surface area contributed by atoms with Crippen LogP contribution in [0.15, 0.2) is 24.3 Å². The Morgan fingerprint density at radius 3 is 2.75 bits per heavy atom. The molecule has 32 heavy (non-hydrogen) atoms. The molecule has 0 radical (unpaired) electrons. The maximum absolute atomic E-state index is 13.0. The van der Waals surface area contributed by atoms with Gasteiger partial charge >= 0.3 is 0 Å². The molecule has 0 spiro atoms. The highest BCUT2D eigenvalue weighted by Gasteiger charge is 2.32. The summed E-state index contributed by atoms with van der Waals surface area (Å²) in [7, 11) is 1.59. The molecule has 2 heterocycles. The summed E-state index contributed by atoms with van der Waals surface area (Å²) in [6, 6.07) is 8.32. The van der Waals surface area contributed by atoms with Crippen molar-refractivity contribution in [2.24, 2.45) is 11.8 Å². The highest BCUT2D eigenvalue weighted by atomic mass is 16.5. The zero-order valence-electron chi connectivity index (χ0n) is 18.4. The molecular formula is C24H31N5O3. The maximum atomic E-state index is 13.0. The molecule has 8 heteroatoms. The van der Waals surface area contributed by atoms with Gasteiger partial charge in [-0.3, -0.25) is 9.59 Å². The van der Waals surface area contributed by atoms with Crippen molar-refractivity contribution in [1.82, 2.24) is 20.9 Å². The van der Waals surface area contributed by atoms with Gasteiger partial charge in [0.15, 0.2) is 0 Å². The first-order valence-electron chi connectivity index (χ1n) is 11.4. The Balaban J connectivity index is 1.42. The van der Waals surface area contributed by atoms with Crippen molar-refractivity contribution >= 4 is 22.7 Å². The van der Waals surface area contributed by atoms with Crippen LogP contribution in [0.5, 0.6) is 5.75 Å². The first kappa shape index (κ1) is 22.2. The monoisotopic (exact) mass is 437 g/mol. The van der Waals surface area contributed by atoms with E-state index in [4.69, 9.17) is 4.74 Å². The van der Waals surface area contributed by atoms with E-state index >= 15 is 0 Å². The van der Waals surface area contributed by atoms with Crippen LogP contribution in [0.3, 0.4) is 0 Å². The average molecular weight is 438 g/mol. The number of hydrogen-bond acceptors (Lipinski definition) is 5. The molecule has 4 N–H and O–H groups in total. The van der Waals surface area contributed by atoms with E-state index in [1.807, 2.05) is 18.2 Å². The third-order valence-corrected chi connectivity index (χ3v) is 6.42. The molecule has 1 saturated heterocycles. The molecule has 1 aliphatic heterocycles. The number of carbonyl (C=O) groups is 2. The van der Waals surface area contributed by atoms with E-state index in [1.54, 1.807) is 13.2 Å². The number of fused-ring (bicyclic) bond motifs is 1. The molecule has 2 amide bonds. The molecule has 170 valence electrons. The Kier molecular flexibility index (Phi) is 6.96. The summed E-state index contributed by atoms with van der Waals surface area (Å²) in [5.74, 6) is 0.880. The van der Waals surface area contributed by atoms with Crippen LogP contribution in [0.25, 0.3) is 10.9 Å². The highest BCUT2D eigenvalue weighted by Crippen LogP contribution is 2.34. The fourth-order valence-electron chi connectivity index (χ4n) is 4.46. The second-order valence-corrected chi connectivity index (χ2v) is 8.95. The Labute approximate surface area is 188 Å². The van der Waals surface area contributed by atoms with Crippen molar-refractivity contribution in [2.45, 2.75) is 50.6 Å². The van der Waals surface area contributed by atoms with Crippen molar-refractivity contribution in [1.29, 1.82) is 5.26 Å². The molecule has 2 aromatic rings. The van der Waals surface area contributed by atoms with Gasteiger partial charge < -0.3 is 25.7 Å². The van der Waals surface area contributed by atoms with Crippen LogP contribution in [-0.4, -0.2) is 49.1 Å². The van der Waals surface area contributed by atoms with Crippen LogP contribution in [0.1, 0.15) is 49.0 Å². The molecule has 3 atom stereocenters. The van der Waals surface area contributed by atoms with E-state index in [2.05, 4.69) is 27.0 Å². The number of nitrogens with zero attached hydrogens (tertiary/aromatic N) is 1. The average Bonchev–Trinajstić information content (AvgIpc) is 3.52. The first-order valence-corrected chi connectivity index (χ1v) is 11.4. The number of ether oxygens (including phenoxy) is 1. The molecule has 0 bridgehead atoms. The molecule has 1 aromatic carbocycles. The molecule has 2 aliphatic rings. The Hall–Kier alpha value is -3.05. The van der Waals surface area contributed by atoms with Gasteiger partial charge in [0.2, 0.25) is 5.91 Å². The summed E-state index contributed by atoms with van der Waals surface area (Å²) < 4.78 is 5.37. The van der Waals surface area contributed by atoms with Crippen LogP contribution in [0.2, 0.25) is 0 Å². The first-order chi connectivity index (χ1) is 15.6. The number of nitriles is 1. The van der Waals surface area contributed by atoms with Crippen LogP contribution >= 0.6 is 0 Å². The zero-order chi connectivity index (χ0) is 22.5. The number of amides is 2. The number of piperidine rings is 1. The Morgan fingerprint density at radius 1 is 1.22 bits per heavy atom. The summed E-state index contributed by atoms with van der Waals surface area (Å²) in [5.41, 5.74) is 1.17. The summed E-state index contributed by atoms with van der Waals surface area (Å²) in [6.45, 7) is 1.88. The lowest BCUT2D eigenvalue weighted by atomic mass is 9.92. The number of hydrogen-bond donors (Lipinski definition) is 4. The number of rotatable bonds is 9. The van der Waals surface area contributed by atoms with Gasteiger partial charge in [-0.05, 0) is 68.8 Å². The van der Waals surface area contributed by atoms with Crippen molar-refractivity contribution < 1.29 is 14.3 Å². The van der Waals surface area contributed by atoms with E-state index in [1.165, 1.54) is 0 Å². The molecule has 1 aliphatic carbocycles. The lowest BCUT2D eigenvalue weighted by Crippen LogP contribution is -2.50. The van der Waals surface area contributed by atoms with Crippen LogP contribution < -0.4 is 20.7 Å². The predicted molar refractivity (Wildman–Crippen MR) is 121 cm³/mol. The highest BCUT2D eigenvalue weighted by molar-refractivity contribution is 6.01. The molecule has 4 rings (SSSR count). The van der Waals surface area contributed by atoms with Gasteiger partial charge in [0.05, 0.1) is 13.2 Å². The van der Waals surface area contributed by atoms with E-state index in [-0.39, 0.29) is 11.8 Å². The Bertz CT molecular complexity index is 1000. The number of aromatic amines is 1. The van der Waals surface area contributed by atoms with Crippen LogP contribution in [0, 0.1) is 23.2 Å². The fraction of sp³-hybridized carbons (Fsp3) is 0.542. The number of methoxy groups -OCH3 is 1. The fourth-order valence-corrected chi connectivity index (χ4v) is 4.46. The van der Waals surface area contributed by atoms with E-state index < -0.39 is 12.1 Å². The Morgan fingerprint density at radius 2 is 2.06 bits per heavy atom. The lowest BCUT2D eigenvalue weighted by Gasteiger charge is -2.26. The summed E-state index contributed by atoms with van der Waals surface area (Å²) >= 11 is 0. The largest absolute Gasteiger partial charge is 0.496 e. The van der Waals surface area contributed by atoms with Gasteiger partial charge in [-0.2, -0.15) is 5.26 Å². The molecule has 1 saturated carbocycles. The van der Waals surface area contributed by atoms with Gasteiger partial charge in [0.1, 0.15) is 23.5 Å². The maximum Gasteiger partial charge on any atom is 0.268 e. The van der Waals surface area contributed by atoms with E-state index in [9.17, 15) is 14.9 Å². The van der Waals surface area contributed by atoms with Crippen molar-refractivity contribution in [2.75, 3.05) is 20.2 Å². The SMILES string of the molecule is COc1cccc2[nH]c(C(=O)N[C@H](CC3CC3)C(=O)N[C@H](C#N)C[C@@H]3CCCNC3)cc12. The molecule has 1 aromatic heterocycles. The molecular weight excluding hydrogens is 406 g/mol. The third-order valence-electron chi connectivity index (χ3n) is 6.42. The number of benzene rings is 1. The lowest BCUT2D eigenvalue weighted by molar-refractivity contribution is -0.123. The van der Waals surface area contributed by atoms with Gasteiger partial charge in [-0.15, -0.1) is 0 Å². The van der Waals surface area contributed by atoms with Gasteiger partial charge in [0.25, 0.3) is 5.91 Å². The molecule has 8 nitrogen and oxygen atoms in total. The standard InChI is InChI=1S/C24H31N5O3/c1-32-22-6-2-5-19-18(22)12-21(28-19)24(31)29-20(11-15-7-8-15)23(30)27-17(13-25)10-16-4-3-9-26-14-16/h2,5-6,12,15-17,20,26,28H,3-4,7-11,14H2,1H3,(H,27,30)(H,29,31)/t16-,17-,20+/m0/s1. The predicted octanol–water partition coefficient (Wildman–Crippen LogP) is 2.47. The van der Waals surface area contributed by atoms with Crippen LogP contribution in [0.4, 0.5) is 0 Å². The van der Waals surface area contributed by atoms with Crippen LogP contribution in [-0.2, 0) is 4.79 Å². The summed E-state index contributed by atoms with van der Waals surface area (Å²) in [4.78, 5) is 29.1. The normalized spacial score (nSPS) is 20.2. The summed E-state index contributed by atoms with van der Waals surface area (Å²) in [6.07, 6.45) is 5.50. The van der Waals surface area contributed by atoms with Gasteiger partial charge in [-0.1, -0.05) is 18.9 Å². The number of H-pyrrole nitrogens is 1.